The smallest absolute Gasteiger partial charge is 0.319 e. The van der Waals surface area contributed by atoms with E-state index in [0.717, 1.165) is 5.56 Å². The van der Waals surface area contributed by atoms with Crippen molar-refractivity contribution in [1.82, 2.24) is 5.32 Å². The molecular weight excluding hydrogens is 292 g/mol. The van der Waals surface area contributed by atoms with Crippen LogP contribution in [0.1, 0.15) is 25.5 Å². The van der Waals surface area contributed by atoms with Gasteiger partial charge in [0.1, 0.15) is 0 Å². The number of carbonyl (C=O) groups is 1. The van der Waals surface area contributed by atoms with E-state index in [4.69, 9.17) is 9.47 Å². The second-order valence-electron chi connectivity index (χ2n) is 5.03. The van der Waals surface area contributed by atoms with Crippen LogP contribution in [0.25, 0.3) is 0 Å². The molecule has 0 heterocycles. The number of hydrogen-bond acceptors (Lipinski definition) is 3. The van der Waals surface area contributed by atoms with Crippen molar-refractivity contribution in [3.8, 4) is 11.5 Å². The molecule has 5 nitrogen and oxygen atoms in total. The van der Waals surface area contributed by atoms with Crippen molar-refractivity contribution in [2.75, 3.05) is 19.0 Å². The minimum atomic E-state index is -0.269. The van der Waals surface area contributed by atoms with Gasteiger partial charge in [0.05, 0.1) is 19.8 Å². The van der Waals surface area contributed by atoms with Gasteiger partial charge in [-0.05, 0) is 31.5 Å². The number of rotatable bonds is 6. The van der Waals surface area contributed by atoms with Crippen molar-refractivity contribution in [3.05, 3.63) is 54.1 Å². The third-order valence-corrected chi connectivity index (χ3v) is 3.37. The molecule has 1 atom stereocenters. The zero-order valence-corrected chi connectivity index (χ0v) is 13.6. The predicted octanol–water partition coefficient (Wildman–Crippen LogP) is 3.98. The topological polar surface area (TPSA) is 59.6 Å². The van der Waals surface area contributed by atoms with Gasteiger partial charge in [-0.15, -0.1) is 0 Å². The summed E-state index contributed by atoms with van der Waals surface area (Å²) >= 11 is 0. The van der Waals surface area contributed by atoms with Crippen LogP contribution < -0.4 is 20.1 Å². The predicted molar refractivity (Wildman–Crippen MR) is 91.2 cm³/mol. The highest BCUT2D eigenvalue weighted by Crippen LogP contribution is 2.30. The highest BCUT2D eigenvalue weighted by Gasteiger charge is 2.11. The fourth-order valence-corrected chi connectivity index (χ4v) is 2.21. The molecular formula is C18H22N2O3. The minimum Gasteiger partial charge on any atom is -0.493 e. The highest BCUT2D eigenvalue weighted by atomic mass is 16.5. The molecule has 5 heteroatoms. The van der Waals surface area contributed by atoms with Crippen LogP contribution in [0.15, 0.2) is 48.5 Å². The molecule has 0 bridgehead atoms. The molecule has 0 aliphatic heterocycles. The van der Waals surface area contributed by atoms with Crippen molar-refractivity contribution in [2.45, 2.75) is 19.9 Å². The van der Waals surface area contributed by atoms with Gasteiger partial charge in [0.15, 0.2) is 11.5 Å². The Hall–Kier alpha value is -2.69. The summed E-state index contributed by atoms with van der Waals surface area (Å²) in [5.74, 6) is 1.24. The van der Waals surface area contributed by atoms with Crippen LogP contribution in [0.5, 0.6) is 11.5 Å². The normalized spacial score (nSPS) is 11.4. The van der Waals surface area contributed by atoms with E-state index >= 15 is 0 Å². The van der Waals surface area contributed by atoms with Gasteiger partial charge in [-0.25, -0.2) is 4.79 Å². The van der Waals surface area contributed by atoms with Crippen LogP contribution in [-0.2, 0) is 0 Å². The first-order chi connectivity index (χ1) is 11.1. The molecule has 2 rings (SSSR count). The largest absolute Gasteiger partial charge is 0.493 e. The van der Waals surface area contributed by atoms with Gasteiger partial charge >= 0.3 is 6.03 Å². The van der Waals surface area contributed by atoms with E-state index in [1.54, 1.807) is 25.3 Å². The van der Waals surface area contributed by atoms with Gasteiger partial charge in [0, 0.05) is 11.8 Å². The van der Waals surface area contributed by atoms with E-state index in [2.05, 4.69) is 10.6 Å². The number of benzene rings is 2. The fraction of sp³-hybridized carbons (Fsp3) is 0.278. The number of anilines is 1. The first kappa shape index (κ1) is 16.7. The summed E-state index contributed by atoms with van der Waals surface area (Å²) in [4.78, 5) is 12.1. The van der Waals surface area contributed by atoms with Crippen molar-refractivity contribution < 1.29 is 14.3 Å². The fourth-order valence-electron chi connectivity index (χ4n) is 2.21. The lowest BCUT2D eigenvalue weighted by atomic mass is 10.1. The summed E-state index contributed by atoms with van der Waals surface area (Å²) in [5.41, 5.74) is 1.69. The molecule has 0 unspecified atom stereocenters. The van der Waals surface area contributed by atoms with E-state index < -0.39 is 0 Å². The molecule has 0 spiro atoms. The molecule has 0 aliphatic carbocycles. The molecule has 23 heavy (non-hydrogen) atoms. The number of amides is 2. The Morgan fingerprint density at radius 2 is 1.87 bits per heavy atom. The molecule has 0 aliphatic rings. The zero-order valence-electron chi connectivity index (χ0n) is 13.6. The Morgan fingerprint density at radius 1 is 1.13 bits per heavy atom. The van der Waals surface area contributed by atoms with Gasteiger partial charge in [-0.3, -0.25) is 0 Å². The molecule has 2 N–H and O–H groups in total. The van der Waals surface area contributed by atoms with Gasteiger partial charge in [0.25, 0.3) is 0 Å². The third-order valence-electron chi connectivity index (χ3n) is 3.37. The number of carbonyl (C=O) groups excluding carboxylic acids is 1. The quantitative estimate of drug-likeness (QED) is 0.848. The van der Waals surface area contributed by atoms with Crippen molar-refractivity contribution in [1.29, 1.82) is 0 Å². The number of nitrogens with one attached hydrogen (secondary N) is 2. The molecule has 2 amide bonds. The Bertz CT molecular complexity index is 644. The lowest BCUT2D eigenvalue weighted by Gasteiger charge is -2.16. The minimum absolute atomic E-state index is 0.0826. The summed E-state index contributed by atoms with van der Waals surface area (Å²) in [7, 11) is 1.58. The van der Waals surface area contributed by atoms with Crippen LogP contribution in [0, 0.1) is 0 Å². The Morgan fingerprint density at radius 3 is 2.52 bits per heavy atom. The summed E-state index contributed by atoms with van der Waals surface area (Å²) in [6.45, 7) is 4.36. The maximum atomic E-state index is 12.1. The van der Waals surface area contributed by atoms with Gasteiger partial charge in [-0.2, -0.15) is 0 Å². The maximum Gasteiger partial charge on any atom is 0.319 e. The number of urea groups is 1. The third kappa shape index (κ3) is 4.64. The monoisotopic (exact) mass is 314 g/mol. The molecule has 2 aromatic rings. The summed E-state index contributed by atoms with van der Waals surface area (Å²) in [6, 6.07) is 14.7. The summed E-state index contributed by atoms with van der Waals surface area (Å²) < 4.78 is 10.7. The average Bonchev–Trinajstić information content (AvgIpc) is 2.56. The van der Waals surface area contributed by atoms with E-state index in [1.165, 1.54) is 0 Å². The molecule has 0 radical (unpaired) electrons. The molecule has 2 aromatic carbocycles. The van der Waals surface area contributed by atoms with Crippen molar-refractivity contribution in [2.24, 2.45) is 0 Å². The van der Waals surface area contributed by atoms with E-state index in [1.807, 2.05) is 44.2 Å². The second kappa shape index (κ2) is 8.08. The molecule has 0 saturated heterocycles. The van der Waals surface area contributed by atoms with Crippen LogP contribution in [-0.4, -0.2) is 19.7 Å². The number of methoxy groups -OCH3 is 1. The van der Waals surface area contributed by atoms with Crippen LogP contribution in [0.4, 0.5) is 10.5 Å². The zero-order chi connectivity index (χ0) is 16.7. The molecule has 0 aromatic heterocycles. The molecule has 0 fully saturated rings. The second-order valence-corrected chi connectivity index (χ2v) is 5.03. The standard InChI is InChI=1S/C18H22N2O3/c1-4-23-17-12-15(10-11-16(17)22-3)20-18(21)19-13(2)14-8-6-5-7-9-14/h5-13H,4H2,1-3H3,(H2,19,20,21)/t13-/m0/s1. The van der Waals surface area contributed by atoms with E-state index in [0.29, 0.717) is 23.8 Å². The SMILES string of the molecule is CCOc1cc(NC(=O)N[C@@H](C)c2ccccc2)ccc1OC. The van der Waals surface area contributed by atoms with Crippen molar-refractivity contribution >= 4 is 11.7 Å². The van der Waals surface area contributed by atoms with E-state index in [-0.39, 0.29) is 12.1 Å². The maximum absolute atomic E-state index is 12.1. The van der Waals surface area contributed by atoms with Gasteiger partial charge in [0.2, 0.25) is 0 Å². The summed E-state index contributed by atoms with van der Waals surface area (Å²) in [5, 5.41) is 5.71. The highest BCUT2D eigenvalue weighted by molar-refractivity contribution is 5.89. The number of hydrogen-bond donors (Lipinski definition) is 2. The first-order valence-electron chi connectivity index (χ1n) is 7.57. The van der Waals surface area contributed by atoms with Crippen LogP contribution in [0.3, 0.4) is 0 Å². The molecule has 122 valence electrons. The lowest BCUT2D eigenvalue weighted by molar-refractivity contribution is 0.249. The van der Waals surface area contributed by atoms with Crippen LogP contribution >= 0.6 is 0 Å². The Labute approximate surface area is 136 Å². The average molecular weight is 314 g/mol. The lowest BCUT2D eigenvalue weighted by Crippen LogP contribution is -2.31. The summed E-state index contributed by atoms with van der Waals surface area (Å²) in [6.07, 6.45) is 0. The Kier molecular flexibility index (Phi) is 5.86. The number of ether oxygens (including phenoxy) is 2. The molecule has 0 saturated carbocycles. The van der Waals surface area contributed by atoms with Crippen molar-refractivity contribution in [3.63, 3.8) is 0 Å². The van der Waals surface area contributed by atoms with E-state index in [9.17, 15) is 4.79 Å². The van der Waals surface area contributed by atoms with Crippen LogP contribution in [0.2, 0.25) is 0 Å². The van der Waals surface area contributed by atoms with Gasteiger partial charge in [-0.1, -0.05) is 30.3 Å². The first-order valence-corrected chi connectivity index (χ1v) is 7.57. The van der Waals surface area contributed by atoms with Gasteiger partial charge < -0.3 is 20.1 Å². The Balaban J connectivity index is 2.01.